The smallest absolute Gasteiger partial charge is 0.205 e. The van der Waals surface area contributed by atoms with Gasteiger partial charge < -0.3 is 0 Å². The lowest BCUT2D eigenvalue weighted by Crippen LogP contribution is -2.00. The first kappa shape index (κ1) is 5.54. The van der Waals surface area contributed by atoms with Crippen LogP contribution in [0.25, 0.3) is 0 Å². The van der Waals surface area contributed by atoms with Crippen molar-refractivity contribution in [1.29, 1.82) is 0 Å². The minimum atomic E-state index is 0.101. The number of hydrogen-bond donors (Lipinski definition) is 0. The van der Waals surface area contributed by atoms with Gasteiger partial charge in [-0.05, 0) is 19.3 Å². The summed E-state index contributed by atoms with van der Waals surface area (Å²) in [6.45, 7) is 0. The van der Waals surface area contributed by atoms with Gasteiger partial charge in [0, 0.05) is 5.92 Å². The molecule has 8 heavy (non-hydrogen) atoms. The van der Waals surface area contributed by atoms with E-state index in [9.17, 15) is 4.79 Å². The Morgan fingerprint density at radius 3 is 2.88 bits per heavy atom. The van der Waals surface area contributed by atoms with Crippen molar-refractivity contribution < 1.29 is 4.79 Å². The highest BCUT2D eigenvalue weighted by Gasteiger charge is 2.05. The molecule has 0 bridgehead atoms. The number of rotatable bonds is 1. The van der Waals surface area contributed by atoms with Crippen molar-refractivity contribution in [2.75, 3.05) is 0 Å². The molecule has 1 aliphatic rings. The number of hydrogen-bond acceptors (Lipinski definition) is 1. The fourth-order valence-electron chi connectivity index (χ4n) is 0.911. The molecule has 1 atom stereocenters. The number of allylic oxidation sites excluding steroid dienone is 2. The van der Waals surface area contributed by atoms with Gasteiger partial charge >= 0.3 is 0 Å². The summed E-state index contributed by atoms with van der Waals surface area (Å²) in [6, 6.07) is 0. The van der Waals surface area contributed by atoms with Crippen molar-refractivity contribution in [3.63, 3.8) is 0 Å². The lowest BCUT2D eigenvalue weighted by molar-refractivity contribution is 0.522. The standard InChI is InChI=1S/C7H9O/c8-6-7-4-2-1-3-5-7/h2,4,7H,1,3,5H2. The molecule has 0 fully saturated rings. The molecule has 0 heterocycles. The van der Waals surface area contributed by atoms with E-state index in [-0.39, 0.29) is 5.92 Å². The summed E-state index contributed by atoms with van der Waals surface area (Å²) in [5.74, 6) is 0.101. The van der Waals surface area contributed by atoms with E-state index >= 15 is 0 Å². The van der Waals surface area contributed by atoms with Gasteiger partial charge in [0.25, 0.3) is 0 Å². The molecule has 0 aromatic carbocycles. The predicted molar refractivity (Wildman–Crippen MR) is 32.2 cm³/mol. The fraction of sp³-hybridized carbons (Fsp3) is 0.571. The van der Waals surface area contributed by atoms with Crippen LogP contribution in [0.15, 0.2) is 12.2 Å². The van der Waals surface area contributed by atoms with Crippen molar-refractivity contribution in [3.05, 3.63) is 12.2 Å². The Bertz CT molecular complexity index is 105. The van der Waals surface area contributed by atoms with Crippen molar-refractivity contribution in [1.82, 2.24) is 0 Å². The largest absolute Gasteiger partial charge is 0.290 e. The van der Waals surface area contributed by atoms with Crippen LogP contribution in [0.4, 0.5) is 0 Å². The minimum absolute atomic E-state index is 0.101. The maximum absolute atomic E-state index is 9.98. The highest BCUT2D eigenvalue weighted by atomic mass is 16.1. The summed E-state index contributed by atoms with van der Waals surface area (Å²) in [7, 11) is 0. The minimum Gasteiger partial charge on any atom is -0.290 e. The molecule has 43 valence electrons. The van der Waals surface area contributed by atoms with Gasteiger partial charge in [0.05, 0.1) is 0 Å². The number of carbonyl (C=O) groups excluding carboxylic acids is 1. The van der Waals surface area contributed by atoms with Crippen LogP contribution in [0, 0.1) is 5.92 Å². The van der Waals surface area contributed by atoms with Gasteiger partial charge in [-0.2, -0.15) is 0 Å². The Labute approximate surface area is 49.4 Å². The van der Waals surface area contributed by atoms with Crippen molar-refractivity contribution in [2.45, 2.75) is 19.3 Å². The average Bonchev–Trinajstić information content (AvgIpc) is 1.90. The van der Waals surface area contributed by atoms with Crippen LogP contribution in [0.1, 0.15) is 19.3 Å². The Kier molecular flexibility index (Phi) is 1.84. The highest BCUT2D eigenvalue weighted by Crippen LogP contribution is 2.13. The second-order valence-corrected chi connectivity index (χ2v) is 2.08. The SMILES string of the molecule is O=[C]C1C=CCCC1. The van der Waals surface area contributed by atoms with Gasteiger partial charge in [0.2, 0.25) is 6.29 Å². The lowest BCUT2D eigenvalue weighted by atomic mass is 9.98. The molecule has 0 aromatic rings. The molecule has 0 amide bonds. The lowest BCUT2D eigenvalue weighted by Gasteiger charge is -2.06. The molecular weight excluding hydrogens is 100 g/mol. The summed E-state index contributed by atoms with van der Waals surface area (Å²) in [4.78, 5) is 9.98. The predicted octanol–water partition coefficient (Wildman–Crippen LogP) is 1.45. The molecule has 0 spiro atoms. The zero-order chi connectivity index (χ0) is 5.82. The van der Waals surface area contributed by atoms with Crippen LogP contribution in [0.2, 0.25) is 0 Å². The van der Waals surface area contributed by atoms with Crippen molar-refractivity contribution in [2.24, 2.45) is 5.92 Å². The quantitative estimate of drug-likeness (QED) is 0.466. The van der Waals surface area contributed by atoms with Gasteiger partial charge in [0.15, 0.2) is 0 Å². The molecule has 0 aromatic heterocycles. The first-order valence-corrected chi connectivity index (χ1v) is 2.98. The molecule has 1 heteroatoms. The second kappa shape index (κ2) is 2.65. The van der Waals surface area contributed by atoms with E-state index in [1.165, 1.54) is 0 Å². The molecule has 0 saturated heterocycles. The Hall–Kier alpha value is -0.590. The summed E-state index contributed by atoms with van der Waals surface area (Å²) < 4.78 is 0. The van der Waals surface area contributed by atoms with E-state index in [4.69, 9.17) is 0 Å². The third-order valence-electron chi connectivity index (χ3n) is 1.41. The van der Waals surface area contributed by atoms with Gasteiger partial charge in [0.1, 0.15) is 0 Å². The first-order valence-electron chi connectivity index (χ1n) is 2.98. The molecule has 0 saturated carbocycles. The van der Waals surface area contributed by atoms with E-state index in [0.29, 0.717) is 0 Å². The van der Waals surface area contributed by atoms with E-state index in [1.54, 1.807) is 0 Å². The molecular formula is C7H9O. The van der Waals surface area contributed by atoms with E-state index < -0.39 is 0 Å². The third kappa shape index (κ3) is 1.19. The fourth-order valence-corrected chi connectivity index (χ4v) is 0.911. The molecule has 1 aliphatic carbocycles. The normalized spacial score (nSPS) is 27.8. The zero-order valence-electron chi connectivity index (χ0n) is 4.76. The zero-order valence-corrected chi connectivity index (χ0v) is 4.76. The maximum atomic E-state index is 9.98. The van der Waals surface area contributed by atoms with E-state index in [2.05, 4.69) is 6.08 Å². The second-order valence-electron chi connectivity index (χ2n) is 2.08. The maximum Gasteiger partial charge on any atom is 0.205 e. The van der Waals surface area contributed by atoms with Gasteiger partial charge in [-0.1, -0.05) is 12.2 Å². The van der Waals surface area contributed by atoms with Gasteiger partial charge in [-0.15, -0.1) is 0 Å². The molecule has 1 radical (unpaired) electrons. The average molecular weight is 109 g/mol. The summed E-state index contributed by atoms with van der Waals surface area (Å²) in [5, 5.41) is 0. The van der Waals surface area contributed by atoms with Gasteiger partial charge in [-0.25, -0.2) is 0 Å². The Morgan fingerprint density at radius 2 is 2.50 bits per heavy atom. The topological polar surface area (TPSA) is 17.1 Å². The van der Waals surface area contributed by atoms with Crippen LogP contribution in [-0.4, -0.2) is 6.29 Å². The van der Waals surface area contributed by atoms with Crippen LogP contribution in [0.5, 0.6) is 0 Å². The Balaban J connectivity index is 2.42. The highest BCUT2D eigenvalue weighted by molar-refractivity contribution is 5.57. The van der Waals surface area contributed by atoms with E-state index in [0.717, 1.165) is 19.3 Å². The van der Waals surface area contributed by atoms with Crippen LogP contribution in [0.3, 0.4) is 0 Å². The first-order chi connectivity index (χ1) is 3.93. The summed E-state index contributed by atoms with van der Waals surface area (Å²) >= 11 is 0. The van der Waals surface area contributed by atoms with Crippen LogP contribution >= 0.6 is 0 Å². The monoisotopic (exact) mass is 109 g/mol. The molecule has 1 nitrogen and oxygen atoms in total. The van der Waals surface area contributed by atoms with E-state index in [1.807, 2.05) is 12.4 Å². The van der Waals surface area contributed by atoms with Crippen LogP contribution in [-0.2, 0) is 4.79 Å². The Morgan fingerprint density at radius 1 is 1.62 bits per heavy atom. The van der Waals surface area contributed by atoms with Crippen LogP contribution < -0.4 is 0 Å². The molecule has 0 N–H and O–H groups in total. The summed E-state index contributed by atoms with van der Waals surface area (Å²) in [6.07, 6.45) is 9.25. The van der Waals surface area contributed by atoms with Crippen molar-refractivity contribution in [3.8, 4) is 0 Å². The molecule has 0 aliphatic heterocycles. The third-order valence-corrected chi connectivity index (χ3v) is 1.41. The molecule has 1 unspecified atom stereocenters. The summed E-state index contributed by atoms with van der Waals surface area (Å²) in [5.41, 5.74) is 0. The van der Waals surface area contributed by atoms with Crippen molar-refractivity contribution >= 4 is 6.29 Å². The van der Waals surface area contributed by atoms with Gasteiger partial charge in [-0.3, -0.25) is 4.79 Å². The molecule has 1 rings (SSSR count).